The second-order valence-electron chi connectivity index (χ2n) is 4.68. The molecular formula is C15H18FN3O. The van der Waals surface area contributed by atoms with Crippen LogP contribution in [0.5, 0.6) is 5.75 Å². The molecule has 4 N–H and O–H groups in total. The molecule has 2 aromatic carbocycles. The van der Waals surface area contributed by atoms with E-state index in [-0.39, 0.29) is 12.6 Å². The van der Waals surface area contributed by atoms with Gasteiger partial charge < -0.3 is 16.2 Å². The number of rotatable bonds is 5. The Bertz CT molecular complexity index is 622. The summed E-state index contributed by atoms with van der Waals surface area (Å²) in [5, 5.41) is 2.09. The maximum atomic E-state index is 12.7. The molecule has 1 unspecified atom stereocenters. The first-order chi connectivity index (χ1) is 9.54. The molecule has 0 saturated heterocycles. The van der Waals surface area contributed by atoms with Gasteiger partial charge >= 0.3 is 0 Å². The Kier molecular flexibility index (Phi) is 4.40. The quantitative estimate of drug-likeness (QED) is 0.649. The van der Waals surface area contributed by atoms with Gasteiger partial charge in [-0.2, -0.15) is 0 Å². The number of alkyl halides is 1. The summed E-state index contributed by atoms with van der Waals surface area (Å²) < 4.78 is 18.1. The summed E-state index contributed by atoms with van der Waals surface area (Å²) in [4.78, 5) is 3.97. The lowest BCUT2D eigenvalue weighted by atomic mass is 10.1. The lowest BCUT2D eigenvalue weighted by Crippen LogP contribution is -2.22. The Morgan fingerprint density at radius 3 is 2.60 bits per heavy atom. The molecule has 4 nitrogen and oxygen atoms in total. The predicted molar refractivity (Wildman–Crippen MR) is 79.5 cm³/mol. The van der Waals surface area contributed by atoms with Crippen molar-refractivity contribution in [2.45, 2.75) is 19.6 Å². The number of nitrogens with zero attached hydrogens (tertiary/aromatic N) is 1. The molecule has 0 amide bonds. The highest BCUT2D eigenvalue weighted by atomic mass is 18.2. The monoisotopic (exact) mass is 274 g/mol. The van der Waals surface area contributed by atoms with Crippen molar-refractivity contribution in [3.8, 4) is 5.75 Å². The summed E-state index contributed by atoms with van der Waals surface area (Å²) in [7, 11) is 0. The molecule has 106 valence electrons. The lowest BCUT2D eigenvalue weighted by molar-refractivity contribution is 0.210. The van der Waals surface area contributed by atoms with E-state index in [4.69, 9.17) is 16.2 Å². The van der Waals surface area contributed by atoms with Gasteiger partial charge in [-0.25, -0.2) is 9.38 Å². The van der Waals surface area contributed by atoms with Gasteiger partial charge in [0.1, 0.15) is 18.5 Å². The van der Waals surface area contributed by atoms with Gasteiger partial charge in [0.2, 0.25) is 0 Å². The number of nitrogens with two attached hydrogens (primary N) is 2. The summed E-state index contributed by atoms with van der Waals surface area (Å²) in [6, 6.07) is 11.6. The van der Waals surface area contributed by atoms with Crippen molar-refractivity contribution in [2.75, 3.05) is 6.61 Å². The summed E-state index contributed by atoms with van der Waals surface area (Å²) in [5.74, 6) is 0.744. The number of ether oxygens (including phenoxy) is 1. The standard InChI is InChI=1S/C15H18FN3O/c1-10(16)9-20-14-5-4-12-6-11(8-19-15(17)18)2-3-13(12)7-14/h2-7,10H,8-9H2,1H3,(H4,17,18,19)/i16-1. The summed E-state index contributed by atoms with van der Waals surface area (Å²) in [6.07, 6.45) is -0.979. The van der Waals surface area contributed by atoms with Crippen LogP contribution in [-0.2, 0) is 6.54 Å². The first-order valence-corrected chi connectivity index (χ1v) is 6.39. The third-order valence-corrected chi connectivity index (χ3v) is 2.80. The molecule has 20 heavy (non-hydrogen) atoms. The van der Waals surface area contributed by atoms with Crippen LogP contribution in [0.3, 0.4) is 0 Å². The van der Waals surface area contributed by atoms with E-state index in [0.717, 1.165) is 16.3 Å². The van der Waals surface area contributed by atoms with Crippen LogP contribution in [0.15, 0.2) is 41.4 Å². The number of guanidine groups is 1. The van der Waals surface area contributed by atoms with E-state index in [2.05, 4.69) is 4.99 Å². The van der Waals surface area contributed by atoms with E-state index in [1.165, 1.54) is 6.92 Å². The lowest BCUT2D eigenvalue weighted by Gasteiger charge is -2.08. The van der Waals surface area contributed by atoms with Crippen molar-refractivity contribution in [1.82, 2.24) is 0 Å². The molecule has 0 aliphatic carbocycles. The topological polar surface area (TPSA) is 73.6 Å². The van der Waals surface area contributed by atoms with Crippen LogP contribution in [0.4, 0.5) is 4.39 Å². The second kappa shape index (κ2) is 6.23. The Labute approximate surface area is 117 Å². The van der Waals surface area contributed by atoms with Gasteiger partial charge in [-0.15, -0.1) is 0 Å². The molecule has 2 rings (SSSR count). The molecule has 5 heteroatoms. The third-order valence-electron chi connectivity index (χ3n) is 2.80. The minimum atomic E-state index is -0.979. The fourth-order valence-electron chi connectivity index (χ4n) is 1.86. The smallest absolute Gasteiger partial charge is 0.186 e. The fourth-order valence-corrected chi connectivity index (χ4v) is 1.86. The van der Waals surface area contributed by atoms with E-state index in [1.807, 2.05) is 36.4 Å². The molecule has 0 radical (unpaired) electrons. The molecule has 0 aliphatic heterocycles. The van der Waals surface area contributed by atoms with E-state index in [0.29, 0.717) is 12.3 Å². The number of hydrogen-bond acceptors (Lipinski definition) is 2. The minimum absolute atomic E-state index is 0.0636. The SMILES string of the molecule is CC([18F])COc1ccc2cc(CN=C(N)N)ccc2c1. The van der Waals surface area contributed by atoms with Crippen molar-refractivity contribution in [1.29, 1.82) is 0 Å². The number of benzene rings is 2. The maximum Gasteiger partial charge on any atom is 0.186 e. The van der Waals surface area contributed by atoms with E-state index < -0.39 is 6.17 Å². The molecule has 0 fully saturated rings. The van der Waals surface area contributed by atoms with Crippen LogP contribution in [-0.4, -0.2) is 18.7 Å². The van der Waals surface area contributed by atoms with Crippen LogP contribution in [0.25, 0.3) is 10.8 Å². The molecular weight excluding hydrogens is 256 g/mol. The van der Waals surface area contributed by atoms with Crippen molar-refractivity contribution >= 4 is 16.7 Å². The van der Waals surface area contributed by atoms with Gasteiger partial charge in [0.05, 0.1) is 6.54 Å². The second-order valence-corrected chi connectivity index (χ2v) is 4.68. The molecule has 0 heterocycles. The Morgan fingerprint density at radius 1 is 1.20 bits per heavy atom. The normalized spacial score (nSPS) is 12.1. The fraction of sp³-hybridized carbons (Fsp3) is 0.267. The van der Waals surface area contributed by atoms with Crippen LogP contribution >= 0.6 is 0 Å². The Hall–Kier alpha value is -2.30. The first kappa shape index (κ1) is 14.1. The van der Waals surface area contributed by atoms with Crippen molar-refractivity contribution < 1.29 is 9.13 Å². The molecule has 0 saturated carbocycles. The summed E-state index contributed by atoms with van der Waals surface area (Å²) >= 11 is 0. The maximum absolute atomic E-state index is 12.7. The van der Waals surface area contributed by atoms with Gasteiger partial charge in [-0.1, -0.05) is 18.2 Å². The molecule has 2 aromatic rings. The zero-order valence-corrected chi connectivity index (χ0v) is 11.3. The average molecular weight is 274 g/mol. The molecule has 0 aliphatic rings. The van der Waals surface area contributed by atoms with Crippen molar-refractivity contribution in [3.63, 3.8) is 0 Å². The first-order valence-electron chi connectivity index (χ1n) is 6.39. The van der Waals surface area contributed by atoms with Gasteiger partial charge in [0.25, 0.3) is 0 Å². The van der Waals surface area contributed by atoms with Gasteiger partial charge in [0, 0.05) is 0 Å². The van der Waals surface area contributed by atoms with Crippen LogP contribution in [0.1, 0.15) is 12.5 Å². The Balaban J connectivity index is 2.18. The van der Waals surface area contributed by atoms with E-state index >= 15 is 0 Å². The zero-order valence-electron chi connectivity index (χ0n) is 11.3. The summed E-state index contributed by atoms with van der Waals surface area (Å²) in [6.45, 7) is 1.99. The minimum Gasteiger partial charge on any atom is -0.491 e. The summed E-state index contributed by atoms with van der Waals surface area (Å²) in [5.41, 5.74) is 11.6. The van der Waals surface area contributed by atoms with E-state index in [1.54, 1.807) is 0 Å². The zero-order chi connectivity index (χ0) is 14.5. The molecule has 1 atom stereocenters. The number of hydrogen-bond donors (Lipinski definition) is 2. The highest BCUT2D eigenvalue weighted by Gasteiger charge is 2.02. The molecule has 0 spiro atoms. The Morgan fingerprint density at radius 2 is 1.90 bits per heavy atom. The largest absolute Gasteiger partial charge is 0.491 e. The van der Waals surface area contributed by atoms with Crippen LogP contribution < -0.4 is 16.2 Å². The van der Waals surface area contributed by atoms with Gasteiger partial charge in [0.15, 0.2) is 5.96 Å². The highest BCUT2D eigenvalue weighted by Crippen LogP contribution is 2.22. The number of halogens is 1. The van der Waals surface area contributed by atoms with Crippen LogP contribution in [0.2, 0.25) is 0 Å². The predicted octanol–water partition coefficient (Wildman–Crippen LogP) is 2.35. The molecule has 0 aromatic heterocycles. The van der Waals surface area contributed by atoms with Crippen LogP contribution in [0, 0.1) is 0 Å². The molecule has 0 bridgehead atoms. The van der Waals surface area contributed by atoms with Gasteiger partial charge in [-0.3, -0.25) is 0 Å². The van der Waals surface area contributed by atoms with Crippen molar-refractivity contribution in [3.05, 3.63) is 42.0 Å². The number of aliphatic imine (C=N–C) groups is 1. The number of fused-ring (bicyclic) bond motifs is 1. The average Bonchev–Trinajstić information content (AvgIpc) is 2.42. The highest BCUT2D eigenvalue weighted by molar-refractivity contribution is 5.84. The van der Waals surface area contributed by atoms with Gasteiger partial charge in [-0.05, 0) is 41.5 Å². The van der Waals surface area contributed by atoms with E-state index in [9.17, 15) is 4.39 Å². The third kappa shape index (κ3) is 3.85. The van der Waals surface area contributed by atoms with Crippen molar-refractivity contribution in [2.24, 2.45) is 16.5 Å².